The van der Waals surface area contributed by atoms with Crippen molar-refractivity contribution in [3.05, 3.63) is 106 Å². The van der Waals surface area contributed by atoms with E-state index in [9.17, 15) is 0 Å². The number of nitrogens with one attached hydrogen (secondary N) is 1. The smallest absolute Gasteiger partial charge is 0.174 e. The van der Waals surface area contributed by atoms with E-state index >= 15 is 0 Å². The Kier molecular flexibility index (Phi) is 7.32. The van der Waals surface area contributed by atoms with Crippen LogP contribution in [0, 0.1) is 26.7 Å². The van der Waals surface area contributed by atoms with Crippen molar-refractivity contribution in [2.75, 3.05) is 22.9 Å². The lowest BCUT2D eigenvalue weighted by Gasteiger charge is -2.33. The van der Waals surface area contributed by atoms with Crippen molar-refractivity contribution in [2.24, 2.45) is 5.92 Å². The van der Waals surface area contributed by atoms with E-state index < -0.39 is 0 Å². The molecule has 0 saturated carbocycles. The van der Waals surface area contributed by atoms with Crippen LogP contribution in [0.1, 0.15) is 60.1 Å². The van der Waals surface area contributed by atoms with Gasteiger partial charge in [-0.2, -0.15) is 0 Å². The highest BCUT2D eigenvalue weighted by Gasteiger charge is 2.42. The third kappa shape index (κ3) is 4.88. The number of pyridine rings is 1. The molecule has 40 heavy (non-hydrogen) atoms. The van der Waals surface area contributed by atoms with Crippen molar-refractivity contribution in [2.45, 2.75) is 52.6 Å². The van der Waals surface area contributed by atoms with Crippen LogP contribution in [0.25, 0.3) is 5.69 Å². The number of rotatable bonds is 5. The summed E-state index contributed by atoms with van der Waals surface area (Å²) in [6.07, 6.45) is 4.24. The number of hydrogen-bond donors (Lipinski definition) is 1. The maximum absolute atomic E-state index is 6.98. The van der Waals surface area contributed by atoms with Crippen LogP contribution in [0.2, 0.25) is 5.02 Å². The standard InChI is InChI=1S/C33H36ClN5S/c1-21-13-16-37(17-14-21)30-12-11-26(20-28(30)34)39-32(31(36-33(39)40)29-10-5-6-15-35-29)27-19-23(3)38(24(27)4)25-9-7-8-22(2)18-25/h5-12,15,18-21,31-32H,13-14,16-17H2,1-4H3,(H,36,40)/t31-,32-/m1/s1. The van der Waals surface area contributed by atoms with Crippen LogP contribution in [0.3, 0.4) is 0 Å². The molecular weight excluding hydrogens is 534 g/mol. The second-order valence-corrected chi connectivity index (χ2v) is 12.1. The number of aromatic nitrogens is 2. The van der Waals surface area contributed by atoms with Crippen LogP contribution in [0.4, 0.5) is 11.4 Å². The monoisotopic (exact) mass is 569 g/mol. The first-order valence-corrected chi connectivity index (χ1v) is 14.9. The summed E-state index contributed by atoms with van der Waals surface area (Å²) >= 11 is 13.0. The number of nitrogens with zero attached hydrogens (tertiary/aromatic N) is 4. The van der Waals surface area contributed by atoms with E-state index in [1.807, 2.05) is 18.3 Å². The van der Waals surface area contributed by atoms with Crippen LogP contribution in [-0.2, 0) is 0 Å². The Morgan fingerprint density at radius 2 is 1.73 bits per heavy atom. The van der Waals surface area contributed by atoms with Gasteiger partial charge >= 0.3 is 0 Å². The van der Waals surface area contributed by atoms with Gasteiger partial charge in [-0.25, -0.2) is 0 Å². The molecular formula is C33H36ClN5S. The average molecular weight is 570 g/mol. The first-order chi connectivity index (χ1) is 19.3. The van der Waals surface area contributed by atoms with Crippen molar-refractivity contribution in [1.29, 1.82) is 0 Å². The third-order valence-corrected chi connectivity index (χ3v) is 9.10. The molecule has 2 saturated heterocycles. The van der Waals surface area contributed by atoms with Gasteiger partial charge in [0.05, 0.1) is 28.5 Å². The van der Waals surface area contributed by atoms with Crippen LogP contribution in [-0.4, -0.2) is 27.8 Å². The van der Waals surface area contributed by atoms with Gasteiger partial charge in [0.25, 0.3) is 0 Å². The Labute approximate surface area is 247 Å². The minimum atomic E-state index is -0.109. The van der Waals surface area contributed by atoms with Crippen LogP contribution in [0.5, 0.6) is 0 Å². The van der Waals surface area contributed by atoms with Gasteiger partial charge in [0.1, 0.15) is 0 Å². The zero-order chi connectivity index (χ0) is 28.0. The summed E-state index contributed by atoms with van der Waals surface area (Å²) in [5.74, 6) is 0.769. The fraction of sp³-hybridized carbons (Fsp3) is 0.333. The summed E-state index contributed by atoms with van der Waals surface area (Å²) in [4.78, 5) is 9.38. The Morgan fingerprint density at radius 3 is 2.42 bits per heavy atom. The first-order valence-electron chi connectivity index (χ1n) is 14.1. The predicted molar refractivity (Wildman–Crippen MR) is 170 cm³/mol. The highest BCUT2D eigenvalue weighted by atomic mass is 35.5. The van der Waals surface area contributed by atoms with Gasteiger partial charge in [0, 0.05) is 42.0 Å². The number of thiocarbonyl (C=S) groups is 1. The molecule has 4 heterocycles. The molecule has 2 fully saturated rings. The summed E-state index contributed by atoms with van der Waals surface area (Å²) in [7, 11) is 0. The molecule has 5 nitrogen and oxygen atoms in total. The molecule has 2 aliphatic heterocycles. The molecule has 0 amide bonds. The third-order valence-electron chi connectivity index (χ3n) is 8.48. The summed E-state index contributed by atoms with van der Waals surface area (Å²) in [6.45, 7) is 10.9. The Morgan fingerprint density at radius 1 is 0.925 bits per heavy atom. The van der Waals surface area contributed by atoms with E-state index in [1.165, 1.54) is 41.0 Å². The topological polar surface area (TPSA) is 36.3 Å². The minimum absolute atomic E-state index is 0.0927. The molecule has 6 rings (SSSR count). The van der Waals surface area contributed by atoms with Gasteiger partial charge < -0.3 is 19.7 Å². The molecule has 2 atom stereocenters. The quantitative estimate of drug-likeness (QED) is 0.247. The maximum Gasteiger partial charge on any atom is 0.174 e. The minimum Gasteiger partial charge on any atom is -0.370 e. The molecule has 4 aromatic rings. The zero-order valence-electron chi connectivity index (χ0n) is 23.6. The summed E-state index contributed by atoms with van der Waals surface area (Å²) in [5.41, 5.74) is 9.04. The van der Waals surface area contributed by atoms with E-state index in [4.69, 9.17) is 28.8 Å². The molecule has 0 spiro atoms. The fourth-order valence-corrected chi connectivity index (χ4v) is 6.99. The van der Waals surface area contributed by atoms with Gasteiger partial charge in [0.15, 0.2) is 5.11 Å². The molecule has 0 radical (unpaired) electrons. The number of benzene rings is 2. The maximum atomic E-state index is 6.98. The van der Waals surface area contributed by atoms with Crippen molar-refractivity contribution >= 4 is 40.3 Å². The van der Waals surface area contributed by atoms with Crippen molar-refractivity contribution in [3.8, 4) is 5.69 Å². The van der Waals surface area contributed by atoms with Crippen molar-refractivity contribution in [3.63, 3.8) is 0 Å². The number of halogens is 1. The fourth-order valence-electron chi connectivity index (χ4n) is 6.35. The van der Waals surface area contributed by atoms with E-state index in [0.717, 1.165) is 41.1 Å². The summed E-state index contributed by atoms with van der Waals surface area (Å²) in [6, 6.07) is 23.2. The second-order valence-electron chi connectivity index (χ2n) is 11.3. The Hall–Kier alpha value is -3.35. The average Bonchev–Trinajstić information content (AvgIpc) is 3.44. The van der Waals surface area contributed by atoms with E-state index in [-0.39, 0.29) is 12.1 Å². The molecule has 0 aliphatic carbocycles. The number of piperidine rings is 1. The largest absolute Gasteiger partial charge is 0.370 e. The van der Waals surface area contributed by atoms with Gasteiger partial charge in [-0.1, -0.05) is 36.7 Å². The first kappa shape index (κ1) is 26.9. The molecule has 2 aromatic carbocycles. The van der Waals surface area contributed by atoms with E-state index in [1.54, 1.807) is 0 Å². The molecule has 2 aromatic heterocycles. The van der Waals surface area contributed by atoms with Crippen LogP contribution < -0.4 is 15.1 Å². The SMILES string of the molecule is Cc1cccc(-n2c(C)cc([C@@H]3[C@@H](c4ccccn4)NC(=S)N3c3ccc(N4CCC(C)CC4)c(Cl)c3)c2C)c1. The van der Waals surface area contributed by atoms with Gasteiger partial charge in [-0.3, -0.25) is 4.98 Å². The van der Waals surface area contributed by atoms with Crippen molar-refractivity contribution in [1.82, 2.24) is 14.9 Å². The number of aryl methyl sites for hydroxylation is 2. The second kappa shape index (κ2) is 10.9. The Balaban J connectivity index is 1.44. The van der Waals surface area contributed by atoms with Crippen molar-refractivity contribution < 1.29 is 0 Å². The van der Waals surface area contributed by atoms with Crippen LogP contribution >= 0.6 is 23.8 Å². The lowest BCUT2D eigenvalue weighted by atomic mass is 9.96. The number of anilines is 2. The van der Waals surface area contributed by atoms with Gasteiger partial charge in [-0.15, -0.1) is 0 Å². The summed E-state index contributed by atoms with van der Waals surface area (Å²) < 4.78 is 2.34. The van der Waals surface area contributed by atoms with Gasteiger partial charge in [-0.05, 0) is 111 Å². The van der Waals surface area contributed by atoms with Gasteiger partial charge in [0.2, 0.25) is 0 Å². The summed E-state index contributed by atoms with van der Waals surface area (Å²) in [5, 5.41) is 5.05. The molecule has 0 bridgehead atoms. The highest BCUT2D eigenvalue weighted by molar-refractivity contribution is 7.80. The lowest BCUT2D eigenvalue weighted by molar-refractivity contribution is 0.438. The number of hydrogen-bond acceptors (Lipinski definition) is 3. The normalized spacial score (nSPS) is 19.8. The Bertz CT molecular complexity index is 1540. The molecule has 7 heteroatoms. The molecule has 2 aliphatic rings. The van der Waals surface area contributed by atoms with E-state index in [0.29, 0.717) is 5.11 Å². The zero-order valence-corrected chi connectivity index (χ0v) is 25.1. The molecule has 1 N–H and O–H groups in total. The predicted octanol–water partition coefficient (Wildman–Crippen LogP) is 7.86. The van der Waals surface area contributed by atoms with Crippen LogP contribution in [0.15, 0.2) is 72.9 Å². The molecule has 0 unspecified atom stereocenters. The van der Waals surface area contributed by atoms with E-state index in [2.05, 4.69) is 102 Å². The highest BCUT2D eigenvalue weighted by Crippen LogP contribution is 2.45. The lowest BCUT2D eigenvalue weighted by Crippen LogP contribution is -2.33. The molecule has 206 valence electrons.